The average Bonchev–Trinajstić information content (AvgIpc) is 3.35. The van der Waals surface area contributed by atoms with E-state index in [1.54, 1.807) is 32.9 Å². The summed E-state index contributed by atoms with van der Waals surface area (Å²) >= 11 is 0. The molecule has 144 valence electrons. The number of hydrogen-bond acceptors (Lipinski definition) is 5. The van der Waals surface area contributed by atoms with Crippen molar-refractivity contribution in [1.82, 2.24) is 5.32 Å². The first kappa shape index (κ1) is 17.1. The third-order valence-electron chi connectivity index (χ3n) is 3.65. The highest BCUT2D eigenvalue weighted by Gasteiger charge is 2.28. The molecule has 0 aliphatic heterocycles. The van der Waals surface area contributed by atoms with Gasteiger partial charge in [-0.25, -0.2) is 14.0 Å². The standard InChI is InChI=1S/C19H26FNO5/c1-19(2,3)26-18(23)21-16(17(22)24-11-14-4-5-14)10-13-6-8-15(9-7-13)25-12-20/h6-9,14,16H,4-5,10-12H2,1-3H3,(H,21,23)/t16-/m1/s1/i12D2. The minimum atomic E-state index is -3.28. The molecule has 1 aliphatic rings. The fourth-order valence-electron chi connectivity index (χ4n) is 2.20. The maximum Gasteiger partial charge on any atom is 0.408 e. The Kier molecular flexibility index (Phi) is 5.84. The predicted octanol–water partition coefficient (Wildman–Crippen LogP) is 3.38. The van der Waals surface area contributed by atoms with Crippen LogP contribution < -0.4 is 10.1 Å². The largest absolute Gasteiger partial charge is 0.464 e. The van der Waals surface area contributed by atoms with Gasteiger partial charge in [0, 0.05) is 6.42 Å². The van der Waals surface area contributed by atoms with Crippen LogP contribution in [0.25, 0.3) is 0 Å². The highest BCUT2D eigenvalue weighted by molar-refractivity contribution is 5.81. The number of amides is 1. The summed E-state index contributed by atoms with van der Waals surface area (Å²) in [6, 6.07) is 4.92. The fourth-order valence-corrected chi connectivity index (χ4v) is 2.20. The summed E-state index contributed by atoms with van der Waals surface area (Å²) in [5.74, 6) is -0.166. The van der Waals surface area contributed by atoms with Crippen LogP contribution >= 0.6 is 0 Å². The maximum atomic E-state index is 12.9. The van der Waals surface area contributed by atoms with Gasteiger partial charge in [-0.1, -0.05) is 12.1 Å². The first-order valence-electron chi connectivity index (χ1n) is 9.54. The quantitative estimate of drug-likeness (QED) is 0.711. The molecule has 1 aliphatic carbocycles. The Balaban J connectivity index is 2.02. The molecule has 1 aromatic carbocycles. The van der Waals surface area contributed by atoms with Crippen LogP contribution in [-0.4, -0.2) is 37.1 Å². The van der Waals surface area contributed by atoms with Gasteiger partial charge in [0.25, 0.3) is 0 Å². The number of alkyl carbamates (subject to hydrolysis) is 1. The van der Waals surface area contributed by atoms with Crippen molar-refractivity contribution in [2.24, 2.45) is 5.92 Å². The molecule has 1 atom stereocenters. The van der Waals surface area contributed by atoms with Gasteiger partial charge in [-0.3, -0.25) is 0 Å². The third kappa shape index (κ3) is 7.29. The highest BCUT2D eigenvalue weighted by atomic mass is 19.1. The van der Waals surface area contributed by atoms with Crippen molar-refractivity contribution in [3.8, 4) is 5.75 Å². The van der Waals surface area contributed by atoms with Crippen LogP contribution in [0.3, 0.4) is 0 Å². The number of alkyl halides is 1. The van der Waals surface area contributed by atoms with Crippen LogP contribution in [0.2, 0.25) is 0 Å². The van der Waals surface area contributed by atoms with E-state index in [4.69, 9.17) is 12.2 Å². The van der Waals surface area contributed by atoms with Crippen LogP contribution in [-0.2, 0) is 20.7 Å². The number of rotatable bonds is 8. The molecule has 1 N–H and O–H groups in total. The minimum Gasteiger partial charge on any atom is -0.464 e. The van der Waals surface area contributed by atoms with Crippen molar-refractivity contribution in [3.63, 3.8) is 0 Å². The smallest absolute Gasteiger partial charge is 0.408 e. The SMILES string of the molecule is [2H]C([2H])(F)Oc1ccc(C[C@@H](NC(=O)OC(C)(C)C)C(=O)OCC2CC2)cc1. The molecule has 7 heteroatoms. The van der Waals surface area contributed by atoms with Gasteiger partial charge < -0.3 is 19.5 Å². The Bertz CT molecular complexity index is 681. The molecule has 0 radical (unpaired) electrons. The maximum absolute atomic E-state index is 12.9. The molecule has 1 fully saturated rings. The van der Waals surface area contributed by atoms with Crippen LogP contribution in [0.15, 0.2) is 24.3 Å². The summed E-state index contributed by atoms with van der Waals surface area (Å²) in [6.07, 6.45) is 1.46. The fraction of sp³-hybridized carbons (Fsp3) is 0.579. The summed E-state index contributed by atoms with van der Waals surface area (Å²) in [5.41, 5.74) is -0.0621. The Morgan fingerprint density at radius 2 is 1.96 bits per heavy atom. The zero-order valence-corrected chi connectivity index (χ0v) is 15.2. The van der Waals surface area contributed by atoms with Gasteiger partial charge in [-0.05, 0) is 57.2 Å². The van der Waals surface area contributed by atoms with Crippen LogP contribution in [0.4, 0.5) is 9.18 Å². The first-order chi connectivity index (χ1) is 12.9. The molecule has 0 unspecified atom stereocenters. The number of carbonyl (C=O) groups is 2. The number of ether oxygens (including phenoxy) is 3. The number of hydrogen-bond donors (Lipinski definition) is 1. The second kappa shape index (κ2) is 8.87. The number of benzene rings is 1. The Labute approximate surface area is 155 Å². The van der Waals surface area contributed by atoms with E-state index in [-0.39, 0.29) is 12.2 Å². The lowest BCUT2D eigenvalue weighted by molar-refractivity contribution is -0.146. The van der Waals surface area contributed by atoms with Crippen molar-refractivity contribution in [2.75, 3.05) is 13.4 Å². The molecular formula is C19H26FNO5. The van der Waals surface area contributed by atoms with Gasteiger partial charge >= 0.3 is 12.1 Å². The molecule has 2 rings (SSSR count). The Hall–Kier alpha value is -2.31. The molecule has 1 aromatic rings. The highest BCUT2D eigenvalue weighted by Crippen LogP contribution is 2.29. The van der Waals surface area contributed by atoms with Crippen molar-refractivity contribution in [3.05, 3.63) is 29.8 Å². The third-order valence-corrected chi connectivity index (χ3v) is 3.65. The normalized spacial score (nSPS) is 16.8. The molecule has 6 nitrogen and oxygen atoms in total. The summed E-state index contributed by atoms with van der Waals surface area (Å²) in [6.45, 7) is 2.19. The van der Waals surface area contributed by atoms with E-state index >= 15 is 0 Å². The lowest BCUT2D eigenvalue weighted by atomic mass is 10.1. The Morgan fingerprint density at radius 3 is 2.50 bits per heavy atom. The second-order valence-corrected chi connectivity index (χ2v) is 7.30. The zero-order valence-electron chi connectivity index (χ0n) is 17.2. The molecule has 1 saturated carbocycles. The zero-order chi connectivity index (χ0) is 20.9. The molecule has 1 amide bonds. The molecule has 0 heterocycles. The van der Waals surface area contributed by atoms with Crippen LogP contribution in [0.1, 0.15) is 41.9 Å². The summed E-state index contributed by atoms with van der Waals surface area (Å²) in [5, 5.41) is 2.53. The molecule has 0 bridgehead atoms. The van der Waals surface area contributed by atoms with E-state index in [9.17, 15) is 14.0 Å². The lowest BCUT2D eigenvalue weighted by Crippen LogP contribution is -2.45. The second-order valence-electron chi connectivity index (χ2n) is 7.30. The van der Waals surface area contributed by atoms with Crippen molar-refractivity contribution in [1.29, 1.82) is 0 Å². The summed E-state index contributed by atoms with van der Waals surface area (Å²) < 4.78 is 41.5. The number of esters is 1. The Morgan fingerprint density at radius 1 is 1.31 bits per heavy atom. The molecule has 0 spiro atoms. The van der Waals surface area contributed by atoms with Gasteiger partial charge in [0.05, 0.1) is 6.61 Å². The summed E-state index contributed by atoms with van der Waals surface area (Å²) in [4.78, 5) is 24.5. The van der Waals surface area contributed by atoms with E-state index in [0.29, 0.717) is 18.1 Å². The van der Waals surface area contributed by atoms with E-state index in [0.717, 1.165) is 12.8 Å². The van der Waals surface area contributed by atoms with E-state index in [1.165, 1.54) is 12.1 Å². The van der Waals surface area contributed by atoms with E-state index in [1.807, 2.05) is 0 Å². The number of halogens is 1. The van der Waals surface area contributed by atoms with Gasteiger partial charge in [0.1, 0.15) is 20.1 Å². The topological polar surface area (TPSA) is 73.9 Å². The predicted molar refractivity (Wildman–Crippen MR) is 93.6 cm³/mol. The molecule has 0 aromatic heterocycles. The molecular weight excluding hydrogens is 341 g/mol. The van der Waals surface area contributed by atoms with Gasteiger partial charge in [-0.15, -0.1) is 0 Å². The van der Waals surface area contributed by atoms with Crippen LogP contribution in [0.5, 0.6) is 5.75 Å². The lowest BCUT2D eigenvalue weighted by Gasteiger charge is -2.23. The monoisotopic (exact) mass is 369 g/mol. The molecule has 26 heavy (non-hydrogen) atoms. The van der Waals surface area contributed by atoms with Gasteiger partial charge in [0.15, 0.2) is 0 Å². The van der Waals surface area contributed by atoms with Gasteiger partial charge in [-0.2, -0.15) is 0 Å². The number of carbonyl (C=O) groups excluding carboxylic acids is 2. The van der Waals surface area contributed by atoms with E-state index in [2.05, 4.69) is 10.1 Å². The van der Waals surface area contributed by atoms with Crippen molar-refractivity contribution >= 4 is 12.1 Å². The van der Waals surface area contributed by atoms with Crippen molar-refractivity contribution < 1.29 is 30.9 Å². The van der Waals surface area contributed by atoms with Crippen molar-refractivity contribution in [2.45, 2.75) is 51.7 Å². The van der Waals surface area contributed by atoms with Crippen LogP contribution in [0, 0.1) is 5.92 Å². The first-order valence-corrected chi connectivity index (χ1v) is 8.54. The number of nitrogens with one attached hydrogen (secondary N) is 1. The summed E-state index contributed by atoms with van der Waals surface area (Å²) in [7, 11) is 0. The molecule has 0 saturated heterocycles. The minimum absolute atomic E-state index is 0.00390. The average molecular weight is 369 g/mol. The van der Waals surface area contributed by atoms with Gasteiger partial charge in [0.2, 0.25) is 6.81 Å². The van der Waals surface area contributed by atoms with E-state index < -0.39 is 30.5 Å².